The normalized spacial score (nSPS) is 18.5. The number of hydrogen-bond donors (Lipinski definition) is 2. The second kappa shape index (κ2) is 8.36. The Balaban J connectivity index is 1.70. The molecule has 1 amide bonds. The third-order valence-electron chi connectivity index (χ3n) is 4.91. The molecule has 2 heterocycles. The van der Waals surface area contributed by atoms with Gasteiger partial charge in [-0.25, -0.2) is 0 Å². The van der Waals surface area contributed by atoms with Gasteiger partial charge in [0.1, 0.15) is 11.4 Å². The molecule has 1 aliphatic heterocycles. The summed E-state index contributed by atoms with van der Waals surface area (Å²) in [6.07, 6.45) is 4.14. The Morgan fingerprint density at radius 1 is 1.31 bits per heavy atom. The minimum atomic E-state index is -0.137. The molecule has 6 heteroatoms. The molecule has 2 aromatic rings. The van der Waals surface area contributed by atoms with Crippen LogP contribution in [0.1, 0.15) is 54.8 Å². The van der Waals surface area contributed by atoms with E-state index in [0.717, 1.165) is 37.2 Å². The lowest BCUT2D eigenvalue weighted by molar-refractivity contribution is 0.0919. The number of carbonyl (C=O) groups is 1. The number of rotatable bonds is 6. The summed E-state index contributed by atoms with van der Waals surface area (Å²) in [7, 11) is 1.65. The van der Waals surface area contributed by atoms with Crippen LogP contribution < -0.4 is 15.4 Å². The van der Waals surface area contributed by atoms with Crippen LogP contribution in [-0.4, -0.2) is 35.9 Å². The SMILES string of the molecule is COc1ccc(C(NC(=O)c2ccn(C3CCCNC3)n2)C(C)C)cc1. The highest BCUT2D eigenvalue weighted by molar-refractivity contribution is 5.92. The molecule has 1 fully saturated rings. The molecule has 140 valence electrons. The van der Waals surface area contributed by atoms with Crippen molar-refractivity contribution in [1.82, 2.24) is 20.4 Å². The van der Waals surface area contributed by atoms with Crippen LogP contribution in [0.25, 0.3) is 0 Å². The maximum absolute atomic E-state index is 12.7. The topological polar surface area (TPSA) is 68.2 Å². The first kappa shape index (κ1) is 18.5. The quantitative estimate of drug-likeness (QED) is 0.835. The zero-order chi connectivity index (χ0) is 18.5. The predicted molar refractivity (Wildman–Crippen MR) is 101 cm³/mol. The van der Waals surface area contributed by atoms with Crippen molar-refractivity contribution < 1.29 is 9.53 Å². The van der Waals surface area contributed by atoms with Crippen LogP contribution in [0.5, 0.6) is 5.75 Å². The van der Waals surface area contributed by atoms with Gasteiger partial charge in [-0.3, -0.25) is 9.48 Å². The Bertz CT molecular complexity index is 718. The summed E-state index contributed by atoms with van der Waals surface area (Å²) in [4.78, 5) is 12.7. The fourth-order valence-electron chi connectivity index (χ4n) is 3.38. The van der Waals surface area contributed by atoms with Crippen LogP contribution in [0.2, 0.25) is 0 Å². The van der Waals surface area contributed by atoms with E-state index in [0.29, 0.717) is 11.7 Å². The van der Waals surface area contributed by atoms with Crippen molar-refractivity contribution in [3.8, 4) is 5.75 Å². The van der Waals surface area contributed by atoms with Gasteiger partial charge in [-0.05, 0) is 49.1 Å². The van der Waals surface area contributed by atoms with Crippen LogP contribution in [0.4, 0.5) is 0 Å². The van der Waals surface area contributed by atoms with E-state index in [4.69, 9.17) is 4.74 Å². The molecule has 2 unspecified atom stereocenters. The summed E-state index contributed by atoms with van der Waals surface area (Å²) < 4.78 is 7.13. The highest BCUT2D eigenvalue weighted by Crippen LogP contribution is 2.24. The number of benzene rings is 1. The Morgan fingerprint density at radius 2 is 2.08 bits per heavy atom. The van der Waals surface area contributed by atoms with Gasteiger partial charge in [-0.1, -0.05) is 26.0 Å². The van der Waals surface area contributed by atoms with Crippen LogP contribution in [0.15, 0.2) is 36.5 Å². The van der Waals surface area contributed by atoms with E-state index in [1.165, 1.54) is 0 Å². The van der Waals surface area contributed by atoms with Crippen LogP contribution in [0, 0.1) is 5.92 Å². The highest BCUT2D eigenvalue weighted by atomic mass is 16.5. The number of nitrogens with one attached hydrogen (secondary N) is 2. The number of nitrogens with zero attached hydrogens (tertiary/aromatic N) is 2. The number of carbonyl (C=O) groups excluding carboxylic acids is 1. The zero-order valence-corrected chi connectivity index (χ0v) is 15.7. The molecule has 1 aromatic carbocycles. The lowest BCUT2D eigenvalue weighted by Crippen LogP contribution is -2.33. The van der Waals surface area contributed by atoms with Crippen molar-refractivity contribution in [2.24, 2.45) is 5.92 Å². The van der Waals surface area contributed by atoms with Crippen molar-refractivity contribution in [1.29, 1.82) is 0 Å². The first-order chi connectivity index (χ1) is 12.6. The van der Waals surface area contributed by atoms with E-state index in [9.17, 15) is 4.79 Å². The summed E-state index contributed by atoms with van der Waals surface area (Å²) in [6, 6.07) is 9.88. The number of piperidine rings is 1. The highest BCUT2D eigenvalue weighted by Gasteiger charge is 2.22. The van der Waals surface area contributed by atoms with E-state index >= 15 is 0 Å². The molecule has 3 rings (SSSR count). The fourth-order valence-corrected chi connectivity index (χ4v) is 3.38. The minimum absolute atomic E-state index is 0.0742. The second-order valence-corrected chi connectivity index (χ2v) is 7.15. The maximum Gasteiger partial charge on any atom is 0.272 e. The van der Waals surface area contributed by atoms with Gasteiger partial charge < -0.3 is 15.4 Å². The molecular weight excluding hydrogens is 328 g/mol. The van der Waals surface area contributed by atoms with Crippen molar-refractivity contribution in [3.05, 3.63) is 47.8 Å². The molecule has 6 nitrogen and oxygen atoms in total. The minimum Gasteiger partial charge on any atom is -0.497 e. The molecule has 1 aromatic heterocycles. The monoisotopic (exact) mass is 356 g/mol. The Kier molecular flexibility index (Phi) is 5.93. The second-order valence-electron chi connectivity index (χ2n) is 7.15. The van der Waals surface area contributed by atoms with Gasteiger partial charge >= 0.3 is 0 Å². The maximum atomic E-state index is 12.7. The average molecular weight is 356 g/mol. The van der Waals surface area contributed by atoms with Gasteiger partial charge in [0.2, 0.25) is 0 Å². The third kappa shape index (κ3) is 4.25. The summed E-state index contributed by atoms with van der Waals surface area (Å²) in [5.74, 6) is 0.932. The number of aromatic nitrogens is 2. The Hall–Kier alpha value is -2.34. The smallest absolute Gasteiger partial charge is 0.272 e. The van der Waals surface area contributed by atoms with Crippen LogP contribution in [-0.2, 0) is 0 Å². The molecule has 0 radical (unpaired) electrons. The van der Waals surface area contributed by atoms with Gasteiger partial charge in [0.05, 0.1) is 19.2 Å². The van der Waals surface area contributed by atoms with E-state index in [-0.39, 0.29) is 17.9 Å². The number of ether oxygens (including phenoxy) is 1. The van der Waals surface area contributed by atoms with E-state index < -0.39 is 0 Å². The molecule has 26 heavy (non-hydrogen) atoms. The fraction of sp³-hybridized carbons (Fsp3) is 0.500. The molecular formula is C20H28N4O2. The van der Waals surface area contributed by atoms with E-state index in [1.807, 2.05) is 35.1 Å². The first-order valence-corrected chi connectivity index (χ1v) is 9.29. The summed E-state index contributed by atoms with van der Waals surface area (Å²) in [5.41, 5.74) is 1.53. The molecule has 0 saturated carbocycles. The standard InChI is InChI=1S/C20H28N4O2/c1-14(2)19(15-6-8-17(26-3)9-7-15)22-20(25)18-10-12-24(23-18)16-5-4-11-21-13-16/h6-10,12,14,16,19,21H,4-5,11,13H2,1-3H3,(H,22,25). The molecule has 1 aliphatic rings. The molecule has 1 saturated heterocycles. The lowest BCUT2D eigenvalue weighted by Gasteiger charge is -2.23. The van der Waals surface area contributed by atoms with E-state index in [1.54, 1.807) is 13.2 Å². The molecule has 0 aliphatic carbocycles. The largest absolute Gasteiger partial charge is 0.497 e. The summed E-state index contributed by atoms with van der Waals surface area (Å²) >= 11 is 0. The number of amides is 1. The average Bonchev–Trinajstić information content (AvgIpc) is 3.17. The van der Waals surface area contributed by atoms with Gasteiger partial charge in [-0.15, -0.1) is 0 Å². The summed E-state index contributed by atoms with van der Waals surface area (Å²) in [5, 5.41) is 11.0. The lowest BCUT2D eigenvalue weighted by atomic mass is 9.96. The summed E-state index contributed by atoms with van der Waals surface area (Å²) in [6.45, 7) is 6.16. The van der Waals surface area contributed by atoms with Gasteiger partial charge in [0, 0.05) is 12.7 Å². The molecule has 0 bridgehead atoms. The third-order valence-corrected chi connectivity index (χ3v) is 4.91. The molecule has 2 N–H and O–H groups in total. The van der Waals surface area contributed by atoms with E-state index in [2.05, 4.69) is 29.6 Å². The van der Waals surface area contributed by atoms with Crippen molar-refractivity contribution in [3.63, 3.8) is 0 Å². The van der Waals surface area contributed by atoms with Crippen LogP contribution >= 0.6 is 0 Å². The van der Waals surface area contributed by atoms with Crippen molar-refractivity contribution in [2.45, 2.75) is 38.8 Å². The van der Waals surface area contributed by atoms with Crippen molar-refractivity contribution >= 4 is 5.91 Å². The Labute approximate surface area is 154 Å². The van der Waals surface area contributed by atoms with Gasteiger partial charge in [0.25, 0.3) is 5.91 Å². The van der Waals surface area contributed by atoms with Crippen LogP contribution in [0.3, 0.4) is 0 Å². The zero-order valence-electron chi connectivity index (χ0n) is 15.7. The van der Waals surface area contributed by atoms with Crippen molar-refractivity contribution in [2.75, 3.05) is 20.2 Å². The molecule has 2 atom stereocenters. The Morgan fingerprint density at radius 3 is 2.69 bits per heavy atom. The first-order valence-electron chi connectivity index (χ1n) is 9.29. The number of methoxy groups -OCH3 is 1. The number of hydrogen-bond acceptors (Lipinski definition) is 4. The van der Waals surface area contributed by atoms with Gasteiger partial charge in [0.15, 0.2) is 0 Å². The predicted octanol–water partition coefficient (Wildman–Crippen LogP) is 2.94. The van der Waals surface area contributed by atoms with Gasteiger partial charge in [-0.2, -0.15) is 5.10 Å². The molecule has 0 spiro atoms.